The zero-order valence-corrected chi connectivity index (χ0v) is 17.4. The summed E-state index contributed by atoms with van der Waals surface area (Å²) in [5.74, 6) is -0.138. The number of benzene rings is 2. The number of amides is 1. The van der Waals surface area contributed by atoms with Crippen molar-refractivity contribution in [3.63, 3.8) is 0 Å². The average Bonchev–Trinajstić information content (AvgIpc) is 3.23. The fourth-order valence-electron chi connectivity index (χ4n) is 2.60. The molecule has 0 radical (unpaired) electrons. The van der Waals surface area contributed by atoms with Crippen LogP contribution in [0.4, 0.5) is 0 Å². The Morgan fingerprint density at radius 3 is 2.41 bits per heavy atom. The first-order valence-corrected chi connectivity index (χ1v) is 9.91. The molecule has 0 aliphatic rings. The molecule has 7 heteroatoms. The highest BCUT2D eigenvalue weighted by molar-refractivity contribution is 7.13. The Bertz CT molecular complexity index is 981. The topological polar surface area (TPSA) is 68.7 Å². The molecule has 3 aromatic rings. The summed E-state index contributed by atoms with van der Waals surface area (Å²) in [6.45, 7) is 2.14. The number of methoxy groups -OCH3 is 1. The zero-order chi connectivity index (χ0) is 20.8. The Balaban J connectivity index is 1.54. The Morgan fingerprint density at radius 1 is 1.07 bits per heavy atom. The van der Waals surface area contributed by atoms with Crippen LogP contribution in [0.5, 0.6) is 5.75 Å². The first-order chi connectivity index (χ1) is 14.0. The van der Waals surface area contributed by atoms with Gasteiger partial charge in [0, 0.05) is 24.5 Å². The summed E-state index contributed by atoms with van der Waals surface area (Å²) in [6, 6.07) is 15.3. The molecule has 0 spiro atoms. The van der Waals surface area contributed by atoms with Crippen molar-refractivity contribution < 1.29 is 19.1 Å². The number of hydrogen-bond donors (Lipinski definition) is 0. The highest BCUT2D eigenvalue weighted by Crippen LogP contribution is 2.26. The number of rotatable bonds is 7. The van der Waals surface area contributed by atoms with E-state index < -0.39 is 5.97 Å². The molecule has 0 N–H and O–H groups in total. The van der Waals surface area contributed by atoms with Gasteiger partial charge in [-0.05, 0) is 36.8 Å². The lowest BCUT2D eigenvalue weighted by Gasteiger charge is -2.17. The van der Waals surface area contributed by atoms with E-state index in [0.717, 1.165) is 22.4 Å². The van der Waals surface area contributed by atoms with Crippen molar-refractivity contribution in [1.29, 1.82) is 0 Å². The molecule has 6 nitrogen and oxygen atoms in total. The maximum atomic E-state index is 12.3. The largest absolute Gasteiger partial charge is 0.497 e. The second-order valence-electron chi connectivity index (χ2n) is 6.58. The maximum Gasteiger partial charge on any atom is 0.358 e. The number of aromatic nitrogens is 1. The number of nitrogens with zero attached hydrogens (tertiary/aromatic N) is 2. The summed E-state index contributed by atoms with van der Waals surface area (Å²) < 4.78 is 10.3. The standard InChI is InChI=1S/C22H22N2O4S/c1-15-4-6-16(7-5-15)12-24(2)20(25)13-28-22(26)19-14-29-21(23-19)17-8-10-18(27-3)11-9-17/h4-11,14H,12-13H2,1-3H3. The predicted molar refractivity (Wildman–Crippen MR) is 112 cm³/mol. The molecule has 1 heterocycles. The third-order valence-electron chi connectivity index (χ3n) is 4.34. The minimum absolute atomic E-state index is 0.190. The molecule has 0 saturated heterocycles. The van der Waals surface area contributed by atoms with Gasteiger partial charge in [-0.15, -0.1) is 11.3 Å². The number of carbonyl (C=O) groups excluding carboxylic acids is 2. The molecule has 0 fully saturated rings. The molecule has 0 atom stereocenters. The predicted octanol–water partition coefficient (Wildman–Crippen LogP) is 3.94. The highest BCUT2D eigenvalue weighted by Gasteiger charge is 2.17. The van der Waals surface area contributed by atoms with Gasteiger partial charge in [0.05, 0.1) is 7.11 Å². The van der Waals surface area contributed by atoms with Crippen LogP contribution in [0.1, 0.15) is 21.6 Å². The Hall–Kier alpha value is -3.19. The second kappa shape index (κ2) is 9.34. The molecule has 1 aromatic heterocycles. The van der Waals surface area contributed by atoms with E-state index in [9.17, 15) is 9.59 Å². The summed E-state index contributed by atoms with van der Waals surface area (Å²) >= 11 is 1.34. The third kappa shape index (κ3) is 5.42. The summed E-state index contributed by atoms with van der Waals surface area (Å²) in [7, 11) is 3.28. The molecule has 3 rings (SSSR count). The van der Waals surface area contributed by atoms with Crippen LogP contribution in [0, 0.1) is 6.92 Å². The molecular weight excluding hydrogens is 388 g/mol. The molecule has 0 unspecified atom stereocenters. The fourth-order valence-corrected chi connectivity index (χ4v) is 3.40. The molecular formula is C22H22N2O4S. The number of aryl methyl sites for hydroxylation is 1. The smallest absolute Gasteiger partial charge is 0.358 e. The van der Waals surface area contributed by atoms with Gasteiger partial charge in [-0.2, -0.15) is 0 Å². The van der Waals surface area contributed by atoms with Crippen molar-refractivity contribution in [2.24, 2.45) is 0 Å². The van der Waals surface area contributed by atoms with E-state index >= 15 is 0 Å². The highest BCUT2D eigenvalue weighted by atomic mass is 32.1. The molecule has 150 valence electrons. The lowest BCUT2D eigenvalue weighted by Crippen LogP contribution is -2.30. The van der Waals surface area contributed by atoms with Crippen LogP contribution in [0.2, 0.25) is 0 Å². The van der Waals surface area contributed by atoms with Gasteiger partial charge in [0.1, 0.15) is 10.8 Å². The summed E-state index contributed by atoms with van der Waals surface area (Å²) in [6.07, 6.45) is 0. The van der Waals surface area contributed by atoms with Gasteiger partial charge in [-0.1, -0.05) is 29.8 Å². The SMILES string of the molecule is COc1ccc(-c2nc(C(=O)OCC(=O)N(C)Cc3ccc(C)cc3)cs2)cc1. The number of esters is 1. The molecule has 0 aliphatic heterocycles. The normalized spacial score (nSPS) is 10.4. The lowest BCUT2D eigenvalue weighted by molar-refractivity contribution is -0.133. The summed E-state index contributed by atoms with van der Waals surface area (Å²) in [5, 5.41) is 2.32. The number of ether oxygens (including phenoxy) is 2. The van der Waals surface area contributed by atoms with E-state index in [1.165, 1.54) is 16.2 Å². The molecule has 29 heavy (non-hydrogen) atoms. The number of likely N-dealkylation sites (N-methyl/N-ethyl adjacent to an activating group) is 1. The van der Waals surface area contributed by atoms with Gasteiger partial charge < -0.3 is 14.4 Å². The van der Waals surface area contributed by atoms with Crippen molar-refractivity contribution in [3.05, 3.63) is 70.7 Å². The van der Waals surface area contributed by atoms with Gasteiger partial charge in [-0.3, -0.25) is 4.79 Å². The van der Waals surface area contributed by atoms with Crippen LogP contribution in [0.3, 0.4) is 0 Å². The van der Waals surface area contributed by atoms with E-state index in [0.29, 0.717) is 11.6 Å². The maximum absolute atomic E-state index is 12.3. The summed E-state index contributed by atoms with van der Waals surface area (Å²) in [5.41, 5.74) is 3.24. The van der Waals surface area contributed by atoms with Crippen LogP contribution in [-0.4, -0.2) is 42.5 Å². The quantitative estimate of drug-likeness (QED) is 0.552. The van der Waals surface area contributed by atoms with Gasteiger partial charge >= 0.3 is 5.97 Å². The molecule has 2 aromatic carbocycles. The van der Waals surface area contributed by atoms with Gasteiger partial charge in [0.15, 0.2) is 12.3 Å². The number of carbonyl (C=O) groups is 2. The van der Waals surface area contributed by atoms with Crippen molar-refractivity contribution in [2.75, 3.05) is 20.8 Å². The van der Waals surface area contributed by atoms with Crippen molar-refractivity contribution >= 4 is 23.2 Å². The Morgan fingerprint density at radius 2 is 1.76 bits per heavy atom. The first-order valence-electron chi connectivity index (χ1n) is 9.03. The van der Waals surface area contributed by atoms with Gasteiger partial charge in [-0.25, -0.2) is 9.78 Å². The van der Waals surface area contributed by atoms with E-state index in [4.69, 9.17) is 9.47 Å². The van der Waals surface area contributed by atoms with Crippen LogP contribution in [0.15, 0.2) is 53.9 Å². The van der Waals surface area contributed by atoms with Crippen molar-refractivity contribution in [1.82, 2.24) is 9.88 Å². The number of hydrogen-bond acceptors (Lipinski definition) is 6. The lowest BCUT2D eigenvalue weighted by atomic mass is 10.1. The van der Waals surface area contributed by atoms with Crippen molar-refractivity contribution in [3.8, 4) is 16.3 Å². The Kier molecular flexibility index (Phi) is 6.61. The van der Waals surface area contributed by atoms with Crippen molar-refractivity contribution in [2.45, 2.75) is 13.5 Å². The molecule has 0 saturated carbocycles. The zero-order valence-electron chi connectivity index (χ0n) is 16.5. The average molecular weight is 410 g/mol. The molecule has 0 aliphatic carbocycles. The van der Waals surface area contributed by atoms with Gasteiger partial charge in [0.25, 0.3) is 5.91 Å². The second-order valence-corrected chi connectivity index (χ2v) is 7.44. The van der Waals surface area contributed by atoms with E-state index in [1.807, 2.05) is 55.5 Å². The van der Waals surface area contributed by atoms with Crippen LogP contribution in [0.25, 0.3) is 10.6 Å². The minimum Gasteiger partial charge on any atom is -0.497 e. The van der Waals surface area contributed by atoms with Crippen LogP contribution < -0.4 is 4.74 Å². The van der Waals surface area contributed by atoms with Gasteiger partial charge in [0.2, 0.25) is 0 Å². The first kappa shape index (κ1) is 20.5. The van der Waals surface area contributed by atoms with E-state index in [1.54, 1.807) is 19.5 Å². The third-order valence-corrected chi connectivity index (χ3v) is 5.23. The van der Waals surface area contributed by atoms with Crippen LogP contribution >= 0.6 is 11.3 Å². The monoisotopic (exact) mass is 410 g/mol. The van der Waals surface area contributed by atoms with E-state index in [2.05, 4.69) is 4.98 Å². The fraction of sp³-hybridized carbons (Fsp3) is 0.227. The molecule has 0 bridgehead atoms. The van der Waals surface area contributed by atoms with E-state index in [-0.39, 0.29) is 18.2 Å². The van der Waals surface area contributed by atoms with Crippen LogP contribution in [-0.2, 0) is 16.1 Å². The molecule has 1 amide bonds. The minimum atomic E-state index is -0.613. The number of thiazole rings is 1. The summed E-state index contributed by atoms with van der Waals surface area (Å²) in [4.78, 5) is 30.3. The Labute approximate surface area is 173 Å².